The molecule has 0 saturated heterocycles. The van der Waals surface area contributed by atoms with E-state index in [0.717, 1.165) is 0 Å². The third kappa shape index (κ3) is 2.80. The molecule has 1 amide bonds. The van der Waals surface area contributed by atoms with Crippen LogP contribution in [0.4, 0.5) is 0 Å². The Morgan fingerprint density at radius 3 is 2.61 bits per heavy atom. The second-order valence-corrected chi connectivity index (χ2v) is 4.41. The van der Waals surface area contributed by atoms with E-state index in [9.17, 15) is 4.79 Å². The maximum absolute atomic E-state index is 11.9. The van der Waals surface area contributed by atoms with E-state index in [1.165, 1.54) is 11.8 Å². The average Bonchev–Trinajstić information content (AvgIpc) is 2.83. The van der Waals surface area contributed by atoms with Crippen LogP contribution in [-0.2, 0) is 0 Å². The van der Waals surface area contributed by atoms with Crippen molar-refractivity contribution in [3.8, 4) is 0 Å². The SMILES string of the molecule is Cc1occc1C(=O)NC[C@H](C)c1ccccc1. The van der Waals surface area contributed by atoms with Crippen molar-refractivity contribution in [3.05, 3.63) is 59.5 Å². The van der Waals surface area contributed by atoms with E-state index in [1.807, 2.05) is 18.2 Å². The second-order valence-electron chi connectivity index (χ2n) is 4.41. The van der Waals surface area contributed by atoms with Crippen LogP contribution >= 0.6 is 0 Å². The molecule has 0 aliphatic heterocycles. The van der Waals surface area contributed by atoms with E-state index in [2.05, 4.69) is 24.4 Å². The first kappa shape index (κ1) is 12.4. The molecule has 0 aliphatic rings. The highest BCUT2D eigenvalue weighted by atomic mass is 16.3. The van der Waals surface area contributed by atoms with Gasteiger partial charge in [0.1, 0.15) is 5.76 Å². The predicted octanol–water partition coefficient (Wildman–Crippen LogP) is 3.12. The third-order valence-electron chi connectivity index (χ3n) is 3.04. The highest BCUT2D eigenvalue weighted by Gasteiger charge is 2.12. The zero-order valence-electron chi connectivity index (χ0n) is 10.6. The van der Waals surface area contributed by atoms with Crippen LogP contribution in [0.1, 0.15) is 34.5 Å². The zero-order valence-corrected chi connectivity index (χ0v) is 10.6. The average molecular weight is 243 g/mol. The molecule has 1 atom stereocenters. The summed E-state index contributed by atoms with van der Waals surface area (Å²) in [7, 11) is 0. The molecule has 0 spiro atoms. The van der Waals surface area contributed by atoms with Gasteiger partial charge in [-0.25, -0.2) is 0 Å². The van der Waals surface area contributed by atoms with E-state index in [0.29, 0.717) is 23.8 Å². The summed E-state index contributed by atoms with van der Waals surface area (Å²) in [6, 6.07) is 11.8. The quantitative estimate of drug-likeness (QED) is 0.896. The normalized spacial score (nSPS) is 12.1. The molecule has 3 nitrogen and oxygen atoms in total. The molecule has 94 valence electrons. The molecule has 1 heterocycles. The lowest BCUT2D eigenvalue weighted by molar-refractivity contribution is 0.0950. The van der Waals surface area contributed by atoms with Crippen molar-refractivity contribution in [2.24, 2.45) is 0 Å². The van der Waals surface area contributed by atoms with E-state index in [4.69, 9.17) is 4.42 Å². The Bertz CT molecular complexity index is 516. The minimum atomic E-state index is -0.0796. The maximum Gasteiger partial charge on any atom is 0.254 e. The Morgan fingerprint density at radius 2 is 2.00 bits per heavy atom. The van der Waals surface area contributed by atoms with Gasteiger partial charge in [-0.1, -0.05) is 37.3 Å². The molecule has 0 unspecified atom stereocenters. The van der Waals surface area contributed by atoms with Crippen molar-refractivity contribution < 1.29 is 9.21 Å². The Morgan fingerprint density at radius 1 is 1.28 bits per heavy atom. The number of hydrogen-bond acceptors (Lipinski definition) is 2. The van der Waals surface area contributed by atoms with Gasteiger partial charge in [0.05, 0.1) is 11.8 Å². The minimum absolute atomic E-state index is 0.0796. The summed E-state index contributed by atoms with van der Waals surface area (Å²) in [5.41, 5.74) is 1.83. The number of furan rings is 1. The van der Waals surface area contributed by atoms with Crippen LogP contribution in [0.25, 0.3) is 0 Å². The van der Waals surface area contributed by atoms with Crippen molar-refractivity contribution in [1.82, 2.24) is 5.32 Å². The first-order valence-electron chi connectivity index (χ1n) is 6.05. The van der Waals surface area contributed by atoms with Crippen LogP contribution in [0.5, 0.6) is 0 Å². The molecule has 0 fully saturated rings. The second kappa shape index (κ2) is 5.54. The minimum Gasteiger partial charge on any atom is -0.469 e. The summed E-state index contributed by atoms with van der Waals surface area (Å²) in [5, 5.41) is 2.93. The van der Waals surface area contributed by atoms with Crippen LogP contribution in [0.3, 0.4) is 0 Å². The third-order valence-corrected chi connectivity index (χ3v) is 3.04. The van der Waals surface area contributed by atoms with Crippen molar-refractivity contribution in [2.75, 3.05) is 6.54 Å². The summed E-state index contributed by atoms with van der Waals surface area (Å²) >= 11 is 0. The fourth-order valence-corrected chi connectivity index (χ4v) is 1.86. The number of hydrogen-bond donors (Lipinski definition) is 1. The lowest BCUT2D eigenvalue weighted by Crippen LogP contribution is -2.27. The zero-order chi connectivity index (χ0) is 13.0. The van der Waals surface area contributed by atoms with Crippen molar-refractivity contribution >= 4 is 5.91 Å². The first-order chi connectivity index (χ1) is 8.68. The van der Waals surface area contributed by atoms with E-state index >= 15 is 0 Å². The molecule has 0 aliphatic carbocycles. The van der Waals surface area contributed by atoms with Crippen LogP contribution < -0.4 is 5.32 Å². The van der Waals surface area contributed by atoms with Gasteiger partial charge in [-0.3, -0.25) is 4.79 Å². The topological polar surface area (TPSA) is 42.2 Å². The summed E-state index contributed by atoms with van der Waals surface area (Å²) in [5.74, 6) is 0.867. The number of carbonyl (C=O) groups excluding carboxylic acids is 1. The molecule has 1 N–H and O–H groups in total. The summed E-state index contributed by atoms with van der Waals surface area (Å²) in [4.78, 5) is 11.9. The van der Waals surface area contributed by atoms with Gasteiger partial charge in [-0.2, -0.15) is 0 Å². The van der Waals surface area contributed by atoms with E-state index < -0.39 is 0 Å². The fraction of sp³-hybridized carbons (Fsp3) is 0.267. The van der Waals surface area contributed by atoms with Gasteiger partial charge in [-0.15, -0.1) is 0 Å². The number of aryl methyl sites for hydroxylation is 1. The van der Waals surface area contributed by atoms with Gasteiger partial charge < -0.3 is 9.73 Å². The maximum atomic E-state index is 11.9. The van der Waals surface area contributed by atoms with Gasteiger partial charge in [0.2, 0.25) is 0 Å². The molecule has 18 heavy (non-hydrogen) atoms. The Balaban J connectivity index is 1.93. The highest BCUT2D eigenvalue weighted by Crippen LogP contribution is 2.14. The van der Waals surface area contributed by atoms with Crippen LogP contribution in [0.2, 0.25) is 0 Å². The molecule has 2 rings (SSSR count). The highest BCUT2D eigenvalue weighted by molar-refractivity contribution is 5.95. The first-order valence-corrected chi connectivity index (χ1v) is 6.05. The number of nitrogens with one attached hydrogen (secondary N) is 1. The molecule has 1 aromatic heterocycles. The van der Waals surface area contributed by atoms with Crippen molar-refractivity contribution in [2.45, 2.75) is 19.8 Å². The Kier molecular flexibility index (Phi) is 3.82. The van der Waals surface area contributed by atoms with Gasteiger partial charge in [0.25, 0.3) is 5.91 Å². The molecule has 0 radical (unpaired) electrons. The Labute approximate surface area is 107 Å². The van der Waals surface area contributed by atoms with E-state index in [-0.39, 0.29) is 5.91 Å². The fourth-order valence-electron chi connectivity index (χ4n) is 1.86. The largest absolute Gasteiger partial charge is 0.469 e. The Hall–Kier alpha value is -2.03. The van der Waals surface area contributed by atoms with Gasteiger partial charge in [-0.05, 0) is 24.5 Å². The number of carbonyl (C=O) groups is 1. The molecule has 0 saturated carbocycles. The number of benzene rings is 1. The monoisotopic (exact) mass is 243 g/mol. The summed E-state index contributed by atoms with van der Waals surface area (Å²) in [6.07, 6.45) is 1.53. The molecule has 0 bridgehead atoms. The molecule has 2 aromatic rings. The lowest BCUT2D eigenvalue weighted by atomic mass is 10.0. The van der Waals surface area contributed by atoms with Crippen LogP contribution in [0.15, 0.2) is 47.1 Å². The van der Waals surface area contributed by atoms with Crippen molar-refractivity contribution in [3.63, 3.8) is 0 Å². The number of rotatable bonds is 4. The molecule has 1 aromatic carbocycles. The van der Waals surface area contributed by atoms with Crippen molar-refractivity contribution in [1.29, 1.82) is 0 Å². The summed E-state index contributed by atoms with van der Waals surface area (Å²) < 4.78 is 5.12. The predicted molar refractivity (Wildman–Crippen MR) is 70.6 cm³/mol. The van der Waals surface area contributed by atoms with Crippen LogP contribution in [0, 0.1) is 6.92 Å². The smallest absolute Gasteiger partial charge is 0.254 e. The van der Waals surface area contributed by atoms with Gasteiger partial charge in [0, 0.05) is 6.54 Å². The van der Waals surface area contributed by atoms with Gasteiger partial charge in [0.15, 0.2) is 0 Å². The molecular formula is C15H17NO2. The van der Waals surface area contributed by atoms with E-state index in [1.54, 1.807) is 13.0 Å². The number of amides is 1. The standard InChI is InChI=1S/C15H17NO2/c1-11(13-6-4-3-5-7-13)10-16-15(17)14-8-9-18-12(14)2/h3-9,11H,10H2,1-2H3,(H,16,17)/t11-/m0/s1. The molecule has 3 heteroatoms. The van der Waals surface area contributed by atoms with Crippen LogP contribution in [-0.4, -0.2) is 12.5 Å². The summed E-state index contributed by atoms with van der Waals surface area (Å²) in [6.45, 7) is 4.50. The lowest BCUT2D eigenvalue weighted by Gasteiger charge is -2.12. The molecular weight excluding hydrogens is 226 g/mol. The van der Waals surface area contributed by atoms with Gasteiger partial charge >= 0.3 is 0 Å².